The fourth-order valence-electron chi connectivity index (χ4n) is 10.6. The van der Waals surface area contributed by atoms with Gasteiger partial charge in [0.2, 0.25) is 35.4 Å². The first-order chi connectivity index (χ1) is 37.0. The summed E-state index contributed by atoms with van der Waals surface area (Å²) in [5.74, 6) is -2.82. The van der Waals surface area contributed by atoms with Gasteiger partial charge in [-0.05, 0) is 148 Å². The second-order valence-electron chi connectivity index (χ2n) is 20.7. The Morgan fingerprint density at radius 1 is 0.766 bits per heavy atom. The van der Waals surface area contributed by atoms with Crippen molar-refractivity contribution in [3.05, 3.63) is 136 Å². The number of hydrogen-bond acceptors (Lipinski definition) is 10. The van der Waals surface area contributed by atoms with Gasteiger partial charge in [0.25, 0.3) is 0 Å². The first-order valence-electron chi connectivity index (χ1n) is 26.8. The number of carbonyl (C=O) groups excluding carboxylic acids is 6. The SMILES string of the molecule is Cc1cc(O)cc(C)c1C[C@H](N)C(=O)N[C@H](CCCN=C(N)N)C(=O)N[C@H]1Cc2ccccc2CN(CCC(=O)N[C@@H](CCCN2CCC(Cc3ccccc3)CC2)C(=O)N[C@@H](Cc2c[nH]c3ccccc23)C(N)=O)C1=O. The molecule has 4 aromatic carbocycles. The van der Waals surface area contributed by atoms with Crippen LogP contribution >= 0.6 is 0 Å². The lowest BCUT2D eigenvalue weighted by molar-refractivity contribution is -0.138. The highest BCUT2D eigenvalue weighted by Crippen LogP contribution is 2.25. The van der Waals surface area contributed by atoms with Crippen molar-refractivity contribution in [1.29, 1.82) is 0 Å². The Morgan fingerprint density at radius 2 is 1.42 bits per heavy atom. The third-order valence-corrected chi connectivity index (χ3v) is 14.9. The van der Waals surface area contributed by atoms with Crippen LogP contribution in [0.15, 0.2) is 102 Å². The van der Waals surface area contributed by atoms with Gasteiger partial charge in [0, 0.05) is 56.0 Å². The monoisotopic (exact) mass is 1050 g/mol. The first-order valence-corrected chi connectivity index (χ1v) is 26.8. The van der Waals surface area contributed by atoms with E-state index >= 15 is 0 Å². The number of aromatic amines is 1. The molecule has 0 aliphatic carbocycles. The number of nitrogens with zero attached hydrogens (tertiary/aromatic N) is 3. The van der Waals surface area contributed by atoms with Gasteiger partial charge in [-0.3, -0.25) is 33.8 Å². The zero-order valence-corrected chi connectivity index (χ0v) is 44.3. The quantitative estimate of drug-likeness (QED) is 0.0230. The molecule has 1 aromatic heterocycles. The Hall–Kier alpha value is -7.77. The maximum Gasteiger partial charge on any atom is 0.245 e. The zero-order valence-electron chi connectivity index (χ0n) is 44.3. The van der Waals surface area contributed by atoms with Crippen molar-refractivity contribution in [3.8, 4) is 5.75 Å². The molecule has 5 atom stereocenters. The Labute approximate surface area is 450 Å². The van der Waals surface area contributed by atoms with Crippen LogP contribution in [0.25, 0.3) is 10.9 Å². The maximum atomic E-state index is 14.6. The molecular formula is C58H76N12O7. The number of aryl methyl sites for hydroxylation is 2. The highest BCUT2D eigenvalue weighted by Gasteiger charge is 2.34. The molecule has 5 aromatic rings. The highest BCUT2D eigenvalue weighted by atomic mass is 16.3. The van der Waals surface area contributed by atoms with Gasteiger partial charge in [0.05, 0.1) is 6.04 Å². The summed E-state index contributed by atoms with van der Waals surface area (Å²) in [7, 11) is 0. The van der Waals surface area contributed by atoms with E-state index in [4.69, 9.17) is 22.9 Å². The summed E-state index contributed by atoms with van der Waals surface area (Å²) in [5, 5.41) is 22.4. The third kappa shape index (κ3) is 16.4. The number of H-pyrrole nitrogens is 1. The third-order valence-electron chi connectivity index (χ3n) is 14.9. The number of carbonyl (C=O) groups is 6. The molecule has 410 valence electrons. The van der Waals surface area contributed by atoms with Gasteiger partial charge in [0.15, 0.2) is 5.96 Å². The van der Waals surface area contributed by atoms with Crippen molar-refractivity contribution in [3.63, 3.8) is 0 Å². The molecule has 3 heterocycles. The van der Waals surface area contributed by atoms with E-state index in [1.807, 2.05) is 68.4 Å². The van der Waals surface area contributed by atoms with Crippen molar-refractivity contribution >= 4 is 52.3 Å². The number of aromatic hydroxyl groups is 1. The number of primary amides is 1. The summed E-state index contributed by atoms with van der Waals surface area (Å²) in [6.45, 7) is 6.48. The number of fused-ring (bicyclic) bond motifs is 2. The van der Waals surface area contributed by atoms with Gasteiger partial charge in [-0.1, -0.05) is 72.8 Å². The predicted molar refractivity (Wildman–Crippen MR) is 297 cm³/mol. The molecule has 7 rings (SSSR count). The second kappa shape index (κ2) is 27.3. The first kappa shape index (κ1) is 56.9. The minimum Gasteiger partial charge on any atom is -0.508 e. The molecule has 0 radical (unpaired) electrons. The molecule has 14 N–H and O–H groups in total. The van der Waals surface area contributed by atoms with Gasteiger partial charge < -0.3 is 64.1 Å². The van der Waals surface area contributed by atoms with Crippen LogP contribution in [0.1, 0.15) is 83.9 Å². The fourth-order valence-corrected chi connectivity index (χ4v) is 10.6. The van der Waals surface area contributed by atoms with Gasteiger partial charge in [-0.25, -0.2) is 0 Å². The van der Waals surface area contributed by atoms with Crippen LogP contribution in [0, 0.1) is 19.8 Å². The second-order valence-corrected chi connectivity index (χ2v) is 20.7. The average Bonchev–Trinajstić information content (AvgIpc) is 3.76. The molecule has 0 bridgehead atoms. The largest absolute Gasteiger partial charge is 0.508 e. The minimum atomic E-state index is -1.12. The predicted octanol–water partition coefficient (Wildman–Crippen LogP) is 2.79. The number of piperidine rings is 1. The van der Waals surface area contributed by atoms with Crippen LogP contribution in [0.5, 0.6) is 5.75 Å². The molecule has 1 fully saturated rings. The number of aromatic nitrogens is 1. The number of aliphatic imine (C=N–C) groups is 1. The Kier molecular flexibility index (Phi) is 20.2. The average molecular weight is 1050 g/mol. The van der Waals surface area contributed by atoms with E-state index in [2.05, 4.69) is 60.4 Å². The standard InChI is InChI=1S/C58H76N12O7/c1-36-28-43(71)29-37(2)45(36)33-46(59)54(74)66-49(18-10-23-63-58(61)62)56(76)68-51-31-40-14-6-7-15-41(40)35-70(57(51)77)27-22-52(72)65-48(19-11-24-69-25-20-39(21-26-69)30-38-12-4-3-5-13-38)55(75)67-50(53(60)73)32-42-34-64-47-17-9-8-16-44(42)47/h3-9,12-17,28-29,34,39,46,48-51,64,71H,10-11,18-27,30-33,35,59H2,1-2H3,(H2,60,73)(H,65,72)(H,66,74)(H,67,75)(H,68,76)(H4,61,62,63)/t46-,48-,49+,50-,51-/m0/s1. The molecule has 19 heteroatoms. The van der Waals surface area contributed by atoms with E-state index in [1.54, 1.807) is 18.3 Å². The van der Waals surface area contributed by atoms with E-state index in [0.29, 0.717) is 25.3 Å². The van der Waals surface area contributed by atoms with Gasteiger partial charge in [0.1, 0.15) is 29.9 Å². The van der Waals surface area contributed by atoms with Gasteiger partial charge >= 0.3 is 0 Å². The molecule has 1 saturated heterocycles. The van der Waals surface area contributed by atoms with Crippen molar-refractivity contribution < 1.29 is 33.9 Å². The number of phenols is 1. The van der Waals surface area contributed by atoms with Crippen molar-refractivity contribution in [1.82, 2.24) is 36.1 Å². The number of likely N-dealkylation sites (tertiary alicyclic amines) is 1. The molecule has 0 saturated carbocycles. The lowest BCUT2D eigenvalue weighted by atomic mass is 9.90. The van der Waals surface area contributed by atoms with Crippen LogP contribution < -0.4 is 44.2 Å². The number of guanidine groups is 1. The van der Waals surface area contributed by atoms with Crippen LogP contribution in [-0.2, 0) is 61.0 Å². The molecule has 2 aliphatic rings. The smallest absolute Gasteiger partial charge is 0.245 e. The number of phenolic OH excluding ortho intramolecular Hbond substituents is 1. The molecular weight excluding hydrogens is 977 g/mol. The Bertz CT molecular complexity index is 2860. The van der Waals surface area contributed by atoms with Gasteiger partial charge in [-0.15, -0.1) is 0 Å². The van der Waals surface area contributed by atoms with Crippen LogP contribution in [-0.4, -0.2) is 124 Å². The van der Waals surface area contributed by atoms with E-state index in [-0.39, 0.29) is 69.9 Å². The number of hydrogen-bond donors (Lipinski definition) is 10. The van der Waals surface area contributed by atoms with E-state index < -0.39 is 65.7 Å². The number of nitrogens with two attached hydrogens (primary N) is 4. The lowest BCUT2D eigenvalue weighted by Gasteiger charge is -2.32. The number of nitrogens with one attached hydrogen (secondary N) is 5. The summed E-state index contributed by atoms with van der Waals surface area (Å²) in [6, 6.07) is 23.5. The molecule has 0 spiro atoms. The summed E-state index contributed by atoms with van der Waals surface area (Å²) in [4.78, 5) is 94.9. The van der Waals surface area contributed by atoms with Crippen LogP contribution in [0.3, 0.4) is 0 Å². The zero-order chi connectivity index (χ0) is 55.0. The van der Waals surface area contributed by atoms with Crippen molar-refractivity contribution in [2.75, 3.05) is 32.7 Å². The van der Waals surface area contributed by atoms with E-state index in [9.17, 15) is 33.9 Å². The number of rotatable bonds is 25. The normalized spacial score (nSPS) is 16.5. The summed E-state index contributed by atoms with van der Waals surface area (Å²) in [6.07, 6.45) is 6.50. The molecule has 77 heavy (non-hydrogen) atoms. The number of amides is 6. The highest BCUT2D eigenvalue weighted by molar-refractivity contribution is 5.95. The number of para-hydroxylation sites is 1. The molecule has 0 unspecified atom stereocenters. The number of benzene rings is 4. The van der Waals surface area contributed by atoms with Crippen molar-refractivity contribution in [2.45, 2.75) is 121 Å². The molecule has 2 aliphatic heterocycles. The van der Waals surface area contributed by atoms with Gasteiger partial charge in [-0.2, -0.15) is 0 Å². The summed E-state index contributed by atoms with van der Waals surface area (Å²) < 4.78 is 0. The van der Waals surface area contributed by atoms with E-state index in [1.165, 1.54) is 10.5 Å². The Morgan fingerprint density at radius 3 is 2.13 bits per heavy atom. The van der Waals surface area contributed by atoms with Crippen LogP contribution in [0.4, 0.5) is 0 Å². The Balaban J connectivity index is 1.02. The van der Waals surface area contributed by atoms with Crippen molar-refractivity contribution in [2.24, 2.45) is 33.8 Å². The topological polar surface area (TPSA) is 309 Å². The molecule has 19 nitrogen and oxygen atoms in total. The fraction of sp³-hybridized carbons (Fsp3) is 0.431. The molecule has 6 amide bonds. The minimum absolute atomic E-state index is 0.0499. The summed E-state index contributed by atoms with van der Waals surface area (Å²) >= 11 is 0. The lowest BCUT2D eigenvalue weighted by Crippen LogP contribution is -2.56. The van der Waals surface area contributed by atoms with E-state index in [0.717, 1.165) is 76.6 Å². The summed E-state index contributed by atoms with van der Waals surface area (Å²) in [5.41, 5.74) is 30.4. The maximum absolute atomic E-state index is 14.6. The van der Waals surface area contributed by atoms with Crippen LogP contribution in [0.2, 0.25) is 0 Å².